The largest absolute Gasteiger partial charge is 0.493 e. The first-order valence-electron chi connectivity index (χ1n) is 11.1. The van der Waals surface area contributed by atoms with Crippen molar-refractivity contribution in [2.24, 2.45) is 0 Å². The Balaban J connectivity index is 1.55. The molecule has 1 aliphatic heterocycles. The summed E-state index contributed by atoms with van der Waals surface area (Å²) in [5.74, 6) is -14.9. The Morgan fingerprint density at radius 3 is 2.17 bits per heavy atom. The molecule has 0 amide bonds. The zero-order chi connectivity index (χ0) is 29.0. The number of nitrogens with zero attached hydrogens (tertiary/aromatic N) is 1. The van der Waals surface area contributed by atoms with Crippen LogP contribution in [0.2, 0.25) is 0 Å². The Kier molecular flexibility index (Phi) is 6.98. The number of hydrogen-bond acceptors (Lipinski definition) is 6. The van der Waals surface area contributed by atoms with Crippen LogP contribution in [0.5, 0.6) is 11.5 Å². The van der Waals surface area contributed by atoms with Gasteiger partial charge >= 0.3 is 16.3 Å². The van der Waals surface area contributed by atoms with Crippen molar-refractivity contribution >= 4 is 21.5 Å². The third-order valence-electron chi connectivity index (χ3n) is 6.09. The zero-order valence-electron chi connectivity index (χ0n) is 19.5. The van der Waals surface area contributed by atoms with E-state index in [1.165, 1.54) is 18.3 Å². The highest BCUT2D eigenvalue weighted by atomic mass is 32.2. The van der Waals surface area contributed by atoms with Crippen LogP contribution in [0.4, 0.5) is 35.1 Å². The summed E-state index contributed by atoms with van der Waals surface area (Å²) in [6.07, 6.45) is -2.88. The number of rotatable bonds is 5. The van der Waals surface area contributed by atoms with Gasteiger partial charge < -0.3 is 8.92 Å². The summed E-state index contributed by atoms with van der Waals surface area (Å²) < 4.78 is 144. The molecule has 5 nitrogen and oxygen atoms in total. The van der Waals surface area contributed by atoms with Crippen LogP contribution in [0.3, 0.4) is 0 Å². The summed E-state index contributed by atoms with van der Waals surface area (Å²) in [5.41, 5.74) is 0.161. The van der Waals surface area contributed by atoms with Crippen molar-refractivity contribution in [3.63, 3.8) is 0 Å². The molecular formula is C25H13F8NO4S2. The van der Waals surface area contributed by atoms with Crippen LogP contribution >= 0.6 is 11.3 Å². The van der Waals surface area contributed by atoms with Crippen LogP contribution in [0.25, 0.3) is 10.6 Å². The molecule has 40 heavy (non-hydrogen) atoms. The van der Waals surface area contributed by atoms with Crippen LogP contribution in [0, 0.1) is 29.1 Å². The van der Waals surface area contributed by atoms with Gasteiger partial charge in [-0.15, -0.1) is 11.3 Å². The second kappa shape index (κ2) is 10.0. The van der Waals surface area contributed by atoms with E-state index in [4.69, 9.17) is 4.74 Å². The van der Waals surface area contributed by atoms with Crippen LogP contribution < -0.4 is 8.92 Å². The van der Waals surface area contributed by atoms with Gasteiger partial charge in [-0.3, -0.25) is 0 Å². The molecule has 0 spiro atoms. The smallest absolute Gasteiger partial charge is 0.416 e. The van der Waals surface area contributed by atoms with Crippen molar-refractivity contribution in [1.29, 1.82) is 0 Å². The van der Waals surface area contributed by atoms with Gasteiger partial charge in [-0.2, -0.15) is 30.4 Å². The molecule has 0 aliphatic carbocycles. The Morgan fingerprint density at radius 1 is 0.900 bits per heavy atom. The first-order valence-corrected chi connectivity index (χ1v) is 13.4. The summed E-state index contributed by atoms with van der Waals surface area (Å²) in [7, 11) is -5.14. The summed E-state index contributed by atoms with van der Waals surface area (Å²) >= 11 is 1.12. The SMILES string of the molecule is O=S(=O)(Oc1c(F)c(F)c(F)c(F)c1F)c1ccc2c(c1)OCC[C@@H]2c1ccc(C(F)(F)F)cc1-c1nccs1. The van der Waals surface area contributed by atoms with E-state index in [-0.39, 0.29) is 17.9 Å². The molecule has 15 heteroatoms. The molecule has 0 N–H and O–H groups in total. The van der Waals surface area contributed by atoms with Crippen LogP contribution in [-0.2, 0) is 16.3 Å². The third kappa shape index (κ3) is 4.87. The Hall–Kier alpha value is -3.72. The quantitative estimate of drug-likeness (QED) is 0.104. The van der Waals surface area contributed by atoms with Gasteiger partial charge in [-0.1, -0.05) is 12.1 Å². The monoisotopic (exact) mass is 607 g/mol. The second-order valence-electron chi connectivity index (χ2n) is 8.46. The molecule has 0 saturated heterocycles. The van der Waals surface area contributed by atoms with E-state index in [0.29, 0.717) is 22.6 Å². The van der Waals surface area contributed by atoms with Gasteiger partial charge in [0.25, 0.3) is 0 Å². The maximum Gasteiger partial charge on any atom is 0.416 e. The molecule has 5 rings (SSSR count). The standard InChI is InChI=1S/C25H13F8NO4S2/c26-18-19(27)21(29)23(22(30)20(18)28)38-40(35,36)12-2-4-15-14(5-7-37-17(15)10-12)13-3-1-11(25(31,32)33)9-16(13)24-34-6-8-39-24/h1-4,6,8-10,14H,5,7H2/t14-/m1/s1. The second-order valence-corrected chi connectivity index (χ2v) is 10.9. The fourth-order valence-electron chi connectivity index (χ4n) is 4.24. The summed E-state index contributed by atoms with van der Waals surface area (Å²) in [5, 5.41) is 1.92. The maximum atomic E-state index is 14.0. The fraction of sp³-hybridized carbons (Fsp3) is 0.160. The molecule has 4 aromatic rings. The molecule has 3 aromatic carbocycles. The molecule has 210 valence electrons. The lowest BCUT2D eigenvalue weighted by molar-refractivity contribution is -0.137. The van der Waals surface area contributed by atoms with E-state index in [2.05, 4.69) is 9.17 Å². The summed E-state index contributed by atoms with van der Waals surface area (Å²) in [6.45, 7) is 0.0119. The van der Waals surface area contributed by atoms with Crippen molar-refractivity contribution in [3.8, 4) is 22.1 Å². The van der Waals surface area contributed by atoms with Crippen molar-refractivity contribution in [1.82, 2.24) is 4.98 Å². The molecule has 0 radical (unpaired) electrons. The first-order chi connectivity index (χ1) is 18.8. The van der Waals surface area contributed by atoms with Crippen LogP contribution in [-0.4, -0.2) is 20.0 Å². The van der Waals surface area contributed by atoms with Gasteiger partial charge in [0.2, 0.25) is 34.8 Å². The van der Waals surface area contributed by atoms with E-state index >= 15 is 0 Å². The zero-order valence-corrected chi connectivity index (χ0v) is 21.2. The van der Waals surface area contributed by atoms with Crippen LogP contribution in [0.15, 0.2) is 52.9 Å². The maximum absolute atomic E-state index is 14.0. The normalized spacial score (nSPS) is 15.4. The van der Waals surface area contributed by atoms with E-state index < -0.39 is 67.5 Å². The average molecular weight is 608 g/mol. The number of aromatic nitrogens is 1. The Morgan fingerprint density at radius 2 is 1.55 bits per heavy atom. The lowest BCUT2D eigenvalue weighted by Crippen LogP contribution is -2.18. The number of alkyl halides is 3. The molecule has 0 bridgehead atoms. The number of thiazole rings is 1. The van der Waals surface area contributed by atoms with Gasteiger partial charge in [-0.05, 0) is 30.2 Å². The van der Waals surface area contributed by atoms with E-state index in [0.717, 1.165) is 35.6 Å². The van der Waals surface area contributed by atoms with Gasteiger partial charge in [0.05, 0.1) is 12.2 Å². The minimum absolute atomic E-state index is 0.0119. The molecule has 1 atom stereocenters. The summed E-state index contributed by atoms with van der Waals surface area (Å²) in [4.78, 5) is 3.39. The first kappa shape index (κ1) is 27.8. The lowest BCUT2D eigenvalue weighted by atomic mass is 9.83. The minimum Gasteiger partial charge on any atom is -0.493 e. The van der Waals surface area contributed by atoms with Crippen molar-refractivity contribution < 1.29 is 52.5 Å². The van der Waals surface area contributed by atoms with Crippen molar-refractivity contribution in [2.45, 2.75) is 23.4 Å². The number of hydrogen-bond donors (Lipinski definition) is 0. The Labute approximate surface area is 224 Å². The Bertz CT molecular complexity index is 1690. The molecule has 0 saturated carbocycles. The highest BCUT2D eigenvalue weighted by Gasteiger charge is 2.35. The predicted octanol–water partition coefficient (Wildman–Crippen LogP) is 7.21. The fourth-order valence-corrected chi connectivity index (χ4v) is 5.87. The van der Waals surface area contributed by atoms with Crippen molar-refractivity contribution in [2.75, 3.05) is 6.61 Å². The van der Waals surface area contributed by atoms with E-state index in [9.17, 15) is 43.5 Å². The molecule has 1 aromatic heterocycles. The highest BCUT2D eigenvalue weighted by molar-refractivity contribution is 7.87. The van der Waals surface area contributed by atoms with Crippen LogP contribution in [0.1, 0.15) is 29.0 Å². The predicted molar refractivity (Wildman–Crippen MR) is 125 cm³/mol. The van der Waals surface area contributed by atoms with Gasteiger partial charge in [-0.25, -0.2) is 18.2 Å². The number of benzene rings is 3. The average Bonchev–Trinajstić information content (AvgIpc) is 3.47. The molecule has 0 fully saturated rings. The minimum atomic E-state index is -5.14. The molecule has 1 aliphatic rings. The van der Waals surface area contributed by atoms with Gasteiger partial charge in [0.15, 0.2) is 0 Å². The molecule has 2 heterocycles. The number of ether oxygens (including phenoxy) is 1. The van der Waals surface area contributed by atoms with Gasteiger partial charge in [0.1, 0.15) is 15.7 Å². The third-order valence-corrected chi connectivity index (χ3v) is 8.12. The lowest BCUT2D eigenvalue weighted by Gasteiger charge is -2.28. The van der Waals surface area contributed by atoms with Crippen molar-refractivity contribution in [3.05, 3.63) is 93.8 Å². The van der Waals surface area contributed by atoms with E-state index in [1.807, 2.05) is 0 Å². The highest BCUT2D eigenvalue weighted by Crippen LogP contribution is 2.45. The van der Waals surface area contributed by atoms with E-state index in [1.54, 1.807) is 5.38 Å². The number of fused-ring (bicyclic) bond motifs is 1. The number of halogens is 8. The van der Waals surface area contributed by atoms with Gasteiger partial charge in [0, 0.05) is 34.7 Å². The molecular weight excluding hydrogens is 594 g/mol. The molecule has 0 unspecified atom stereocenters. The topological polar surface area (TPSA) is 65.5 Å². The summed E-state index contributed by atoms with van der Waals surface area (Å²) in [6, 6.07) is 6.33.